The first-order valence-electron chi connectivity index (χ1n) is 5.51. The van der Waals surface area contributed by atoms with Gasteiger partial charge in [0.2, 0.25) is 0 Å². The van der Waals surface area contributed by atoms with Crippen molar-refractivity contribution in [2.75, 3.05) is 26.2 Å². The predicted molar refractivity (Wildman–Crippen MR) is 56.0 cm³/mol. The highest BCUT2D eigenvalue weighted by Crippen LogP contribution is 2.21. The number of carbonyl (C=O) groups is 1. The van der Waals surface area contributed by atoms with Crippen LogP contribution in [-0.2, 0) is 9.53 Å². The summed E-state index contributed by atoms with van der Waals surface area (Å²) in [5.74, 6) is 1.39. The second kappa shape index (κ2) is 5.35. The van der Waals surface area contributed by atoms with E-state index in [-0.39, 0.29) is 5.97 Å². The molecule has 1 aliphatic heterocycles. The fraction of sp³-hybridized carbons (Fsp3) is 0.909. The van der Waals surface area contributed by atoms with Gasteiger partial charge in [-0.15, -0.1) is 0 Å². The van der Waals surface area contributed by atoms with Gasteiger partial charge < -0.3 is 4.74 Å². The van der Waals surface area contributed by atoms with Crippen LogP contribution in [0.5, 0.6) is 0 Å². The summed E-state index contributed by atoms with van der Waals surface area (Å²) in [7, 11) is 0. The van der Waals surface area contributed by atoms with Crippen molar-refractivity contribution in [1.82, 2.24) is 4.90 Å². The Labute approximate surface area is 86.4 Å². The van der Waals surface area contributed by atoms with Crippen molar-refractivity contribution < 1.29 is 9.53 Å². The highest BCUT2D eigenvalue weighted by molar-refractivity contribution is 5.71. The molecule has 0 bridgehead atoms. The molecule has 0 aliphatic carbocycles. The average Bonchev–Trinajstić information content (AvgIpc) is 2.12. The molecule has 2 atom stereocenters. The number of likely N-dealkylation sites (tertiary alicyclic amines) is 1. The molecule has 0 aromatic rings. The lowest BCUT2D eigenvalue weighted by Gasteiger charge is -2.34. The summed E-state index contributed by atoms with van der Waals surface area (Å²) in [6.07, 6.45) is 1.20. The first-order chi connectivity index (χ1) is 6.63. The molecular weight excluding hydrogens is 178 g/mol. The lowest BCUT2D eigenvalue weighted by Crippen LogP contribution is -2.41. The molecule has 1 aliphatic rings. The van der Waals surface area contributed by atoms with Crippen LogP contribution < -0.4 is 0 Å². The Bertz CT molecular complexity index is 194. The number of hydrogen-bond donors (Lipinski definition) is 0. The highest BCUT2D eigenvalue weighted by Gasteiger charge is 2.23. The van der Waals surface area contributed by atoms with Gasteiger partial charge in [0.25, 0.3) is 0 Å². The smallest absolute Gasteiger partial charge is 0.320 e. The molecule has 0 radical (unpaired) electrons. The van der Waals surface area contributed by atoms with Gasteiger partial charge in [-0.05, 0) is 31.7 Å². The lowest BCUT2D eigenvalue weighted by molar-refractivity contribution is -0.145. The third kappa shape index (κ3) is 3.29. The zero-order valence-corrected chi connectivity index (χ0v) is 9.45. The molecule has 1 fully saturated rings. The minimum absolute atomic E-state index is 0.0887. The summed E-state index contributed by atoms with van der Waals surface area (Å²) in [6.45, 7) is 9.39. The Morgan fingerprint density at radius 2 is 2.14 bits per heavy atom. The van der Waals surface area contributed by atoms with Gasteiger partial charge in [-0.2, -0.15) is 0 Å². The van der Waals surface area contributed by atoms with E-state index in [1.165, 1.54) is 6.42 Å². The minimum atomic E-state index is -0.0887. The number of hydrogen-bond acceptors (Lipinski definition) is 3. The Hall–Kier alpha value is -0.570. The second-order valence-electron chi connectivity index (χ2n) is 4.28. The Balaban J connectivity index is 2.29. The van der Waals surface area contributed by atoms with Crippen LogP contribution in [0.1, 0.15) is 27.2 Å². The van der Waals surface area contributed by atoms with Gasteiger partial charge >= 0.3 is 5.97 Å². The number of rotatable bonds is 3. The van der Waals surface area contributed by atoms with Crippen LogP contribution in [0.15, 0.2) is 0 Å². The molecular formula is C11H21NO2. The zero-order chi connectivity index (χ0) is 10.6. The summed E-state index contributed by atoms with van der Waals surface area (Å²) in [4.78, 5) is 13.4. The largest absolute Gasteiger partial charge is 0.465 e. The second-order valence-corrected chi connectivity index (χ2v) is 4.28. The van der Waals surface area contributed by atoms with E-state index in [1.807, 2.05) is 6.92 Å². The van der Waals surface area contributed by atoms with Crippen molar-refractivity contribution in [2.45, 2.75) is 27.2 Å². The van der Waals surface area contributed by atoms with Crippen LogP contribution in [0.25, 0.3) is 0 Å². The Morgan fingerprint density at radius 3 is 2.71 bits per heavy atom. The fourth-order valence-electron chi connectivity index (χ4n) is 1.88. The zero-order valence-electron chi connectivity index (χ0n) is 9.45. The predicted octanol–water partition coefficient (Wildman–Crippen LogP) is 1.53. The van der Waals surface area contributed by atoms with E-state index < -0.39 is 0 Å². The summed E-state index contributed by atoms with van der Waals surface area (Å²) < 4.78 is 4.93. The van der Waals surface area contributed by atoms with E-state index in [0.717, 1.165) is 19.0 Å². The molecule has 82 valence electrons. The standard InChI is InChI=1S/C11H21NO2/c1-4-14-11(13)8-12-6-5-9(2)10(3)7-12/h9-10H,4-8H2,1-3H3. The molecule has 3 heteroatoms. The van der Waals surface area contributed by atoms with Crippen LogP contribution in [0.3, 0.4) is 0 Å². The first kappa shape index (κ1) is 11.5. The summed E-state index contributed by atoms with van der Waals surface area (Å²) in [5.41, 5.74) is 0. The minimum Gasteiger partial charge on any atom is -0.465 e. The molecule has 1 rings (SSSR count). The molecule has 0 spiro atoms. The van der Waals surface area contributed by atoms with Crippen molar-refractivity contribution >= 4 is 5.97 Å². The molecule has 0 N–H and O–H groups in total. The number of carbonyl (C=O) groups excluding carboxylic acids is 1. The van der Waals surface area contributed by atoms with Gasteiger partial charge in [0.15, 0.2) is 0 Å². The van der Waals surface area contributed by atoms with E-state index in [0.29, 0.717) is 19.1 Å². The molecule has 14 heavy (non-hydrogen) atoms. The summed E-state index contributed by atoms with van der Waals surface area (Å²) in [6, 6.07) is 0. The van der Waals surface area contributed by atoms with Crippen molar-refractivity contribution in [3.8, 4) is 0 Å². The van der Waals surface area contributed by atoms with Gasteiger partial charge in [-0.1, -0.05) is 13.8 Å². The molecule has 0 aromatic carbocycles. The molecule has 1 saturated heterocycles. The Kier molecular flexibility index (Phi) is 4.39. The maximum atomic E-state index is 11.2. The molecule has 2 unspecified atom stereocenters. The maximum Gasteiger partial charge on any atom is 0.320 e. The van der Waals surface area contributed by atoms with Crippen LogP contribution in [0, 0.1) is 11.8 Å². The van der Waals surface area contributed by atoms with E-state index in [1.54, 1.807) is 0 Å². The van der Waals surface area contributed by atoms with E-state index in [4.69, 9.17) is 4.74 Å². The molecule has 0 saturated carbocycles. The molecule has 3 nitrogen and oxygen atoms in total. The van der Waals surface area contributed by atoms with Crippen LogP contribution in [0.4, 0.5) is 0 Å². The van der Waals surface area contributed by atoms with Crippen LogP contribution in [0.2, 0.25) is 0 Å². The number of piperidine rings is 1. The number of esters is 1. The van der Waals surface area contributed by atoms with Crippen molar-refractivity contribution in [1.29, 1.82) is 0 Å². The molecule has 0 amide bonds. The lowest BCUT2D eigenvalue weighted by atomic mass is 9.89. The van der Waals surface area contributed by atoms with Gasteiger partial charge in [0, 0.05) is 6.54 Å². The van der Waals surface area contributed by atoms with E-state index in [9.17, 15) is 4.79 Å². The summed E-state index contributed by atoms with van der Waals surface area (Å²) in [5, 5.41) is 0. The van der Waals surface area contributed by atoms with E-state index >= 15 is 0 Å². The number of ether oxygens (including phenoxy) is 1. The van der Waals surface area contributed by atoms with Crippen LogP contribution >= 0.6 is 0 Å². The van der Waals surface area contributed by atoms with Gasteiger partial charge in [0.1, 0.15) is 0 Å². The van der Waals surface area contributed by atoms with Gasteiger partial charge in [0.05, 0.1) is 13.2 Å². The third-order valence-corrected chi connectivity index (χ3v) is 3.08. The van der Waals surface area contributed by atoms with Crippen molar-refractivity contribution in [2.24, 2.45) is 11.8 Å². The van der Waals surface area contributed by atoms with Crippen molar-refractivity contribution in [3.05, 3.63) is 0 Å². The SMILES string of the molecule is CCOC(=O)CN1CCC(C)C(C)C1. The number of nitrogens with zero attached hydrogens (tertiary/aromatic N) is 1. The van der Waals surface area contributed by atoms with Gasteiger partial charge in [-0.3, -0.25) is 9.69 Å². The quantitative estimate of drug-likeness (QED) is 0.646. The van der Waals surface area contributed by atoms with Crippen molar-refractivity contribution in [3.63, 3.8) is 0 Å². The third-order valence-electron chi connectivity index (χ3n) is 3.08. The molecule has 1 heterocycles. The normalized spacial score (nSPS) is 28.8. The first-order valence-corrected chi connectivity index (χ1v) is 5.51. The fourth-order valence-corrected chi connectivity index (χ4v) is 1.88. The highest BCUT2D eigenvalue weighted by atomic mass is 16.5. The summed E-state index contributed by atoms with van der Waals surface area (Å²) >= 11 is 0. The topological polar surface area (TPSA) is 29.5 Å². The van der Waals surface area contributed by atoms with E-state index in [2.05, 4.69) is 18.7 Å². The average molecular weight is 199 g/mol. The van der Waals surface area contributed by atoms with Gasteiger partial charge in [-0.25, -0.2) is 0 Å². The van der Waals surface area contributed by atoms with Crippen LogP contribution in [-0.4, -0.2) is 37.1 Å². The molecule has 0 aromatic heterocycles. The maximum absolute atomic E-state index is 11.2. The monoisotopic (exact) mass is 199 g/mol. The Morgan fingerprint density at radius 1 is 1.43 bits per heavy atom.